The second-order valence-electron chi connectivity index (χ2n) is 11.1. The molecule has 2 aliphatic heterocycles. The number of ether oxygens (including phenoxy) is 2. The molecule has 3 aromatic rings. The highest BCUT2D eigenvalue weighted by atomic mass is 16.5. The van der Waals surface area contributed by atoms with Crippen LogP contribution in [0.15, 0.2) is 71.9 Å². The number of benzene rings is 2. The fraction of sp³-hybridized carbons (Fsp3) is 0.382. The van der Waals surface area contributed by atoms with Gasteiger partial charge in [-0.1, -0.05) is 32.0 Å². The number of aryl methyl sites for hydroxylation is 1. The van der Waals surface area contributed by atoms with E-state index < -0.39 is 0 Å². The molecule has 1 aromatic heterocycles. The predicted molar refractivity (Wildman–Crippen MR) is 169 cm³/mol. The number of rotatable bonds is 11. The highest BCUT2D eigenvalue weighted by Crippen LogP contribution is 2.33. The molecule has 1 atom stereocenters. The average molecular weight is 568 g/mol. The Hall–Kier alpha value is -3.85. The van der Waals surface area contributed by atoms with Gasteiger partial charge in [0.05, 0.1) is 13.2 Å². The van der Waals surface area contributed by atoms with Gasteiger partial charge in [0.1, 0.15) is 11.9 Å². The largest absolute Gasteiger partial charge is 0.438 e. The summed E-state index contributed by atoms with van der Waals surface area (Å²) >= 11 is 0. The number of allylic oxidation sites excluding steroid dienone is 1. The fourth-order valence-electron chi connectivity index (χ4n) is 5.14. The SMILES string of the molecule is Cc1ccc(C(=O)Nc2cccc(C(C)C)c2)cc1Oc1ncccc1C1=CC=NC(NCCCN2CCOCC2)C1. The van der Waals surface area contributed by atoms with Crippen LogP contribution >= 0.6 is 0 Å². The normalized spacial score (nSPS) is 17.2. The van der Waals surface area contributed by atoms with E-state index in [1.165, 1.54) is 5.56 Å². The van der Waals surface area contributed by atoms with Crippen molar-refractivity contribution in [1.82, 2.24) is 15.2 Å². The van der Waals surface area contributed by atoms with Crippen LogP contribution in [0.4, 0.5) is 5.69 Å². The van der Waals surface area contributed by atoms with Gasteiger partial charge in [-0.2, -0.15) is 0 Å². The number of hydrogen-bond donors (Lipinski definition) is 2. The second kappa shape index (κ2) is 14.4. The fourth-order valence-corrected chi connectivity index (χ4v) is 5.14. The van der Waals surface area contributed by atoms with Gasteiger partial charge in [-0.05, 0) is 91.5 Å². The molecule has 2 N–H and O–H groups in total. The van der Waals surface area contributed by atoms with Gasteiger partial charge in [0.25, 0.3) is 5.91 Å². The summed E-state index contributed by atoms with van der Waals surface area (Å²) in [5.74, 6) is 1.30. The zero-order valence-electron chi connectivity index (χ0n) is 24.8. The molecule has 1 saturated heterocycles. The van der Waals surface area contributed by atoms with Crippen molar-refractivity contribution in [2.24, 2.45) is 4.99 Å². The molecule has 3 heterocycles. The summed E-state index contributed by atoms with van der Waals surface area (Å²) in [4.78, 5) is 24.8. The number of anilines is 1. The third kappa shape index (κ3) is 7.91. The van der Waals surface area contributed by atoms with E-state index in [2.05, 4.69) is 45.4 Å². The van der Waals surface area contributed by atoms with Crippen molar-refractivity contribution in [3.05, 3.63) is 89.1 Å². The highest BCUT2D eigenvalue weighted by molar-refractivity contribution is 6.04. The van der Waals surface area contributed by atoms with E-state index >= 15 is 0 Å². The molecule has 1 fully saturated rings. The molecule has 5 rings (SSSR count). The molecular formula is C34H41N5O3. The second-order valence-corrected chi connectivity index (χ2v) is 11.1. The van der Waals surface area contributed by atoms with E-state index in [1.807, 2.05) is 61.7 Å². The van der Waals surface area contributed by atoms with Gasteiger partial charge in [-0.25, -0.2) is 4.98 Å². The van der Waals surface area contributed by atoms with E-state index in [4.69, 9.17) is 9.47 Å². The third-order valence-corrected chi connectivity index (χ3v) is 7.68. The van der Waals surface area contributed by atoms with Crippen LogP contribution in [-0.2, 0) is 4.74 Å². The van der Waals surface area contributed by atoms with E-state index in [-0.39, 0.29) is 12.1 Å². The summed E-state index contributed by atoms with van der Waals surface area (Å²) in [7, 11) is 0. The number of morpholine rings is 1. The Morgan fingerprint density at radius 1 is 1.12 bits per heavy atom. The van der Waals surface area contributed by atoms with Crippen LogP contribution in [0.25, 0.3) is 5.57 Å². The molecule has 8 heteroatoms. The summed E-state index contributed by atoms with van der Waals surface area (Å²) in [5.41, 5.74) is 5.42. The van der Waals surface area contributed by atoms with Crippen molar-refractivity contribution < 1.29 is 14.3 Å². The molecule has 0 bridgehead atoms. The first-order chi connectivity index (χ1) is 20.5. The van der Waals surface area contributed by atoms with E-state index in [9.17, 15) is 4.79 Å². The Morgan fingerprint density at radius 2 is 1.98 bits per heavy atom. The van der Waals surface area contributed by atoms with Gasteiger partial charge in [-0.15, -0.1) is 0 Å². The van der Waals surface area contributed by atoms with Crippen LogP contribution < -0.4 is 15.4 Å². The number of pyridine rings is 1. The monoisotopic (exact) mass is 567 g/mol. The summed E-state index contributed by atoms with van der Waals surface area (Å²) < 4.78 is 11.8. The first-order valence-corrected chi connectivity index (χ1v) is 14.9. The van der Waals surface area contributed by atoms with Gasteiger partial charge in [0.15, 0.2) is 0 Å². The Labute approximate surface area is 248 Å². The average Bonchev–Trinajstić information content (AvgIpc) is 3.01. The van der Waals surface area contributed by atoms with Crippen molar-refractivity contribution in [2.75, 3.05) is 44.7 Å². The molecule has 0 spiro atoms. The van der Waals surface area contributed by atoms with Gasteiger partial charge in [0.2, 0.25) is 5.88 Å². The zero-order valence-corrected chi connectivity index (χ0v) is 24.8. The molecular weight excluding hydrogens is 526 g/mol. The maximum atomic E-state index is 13.1. The molecule has 2 aliphatic rings. The smallest absolute Gasteiger partial charge is 0.255 e. The first kappa shape index (κ1) is 29.6. The Balaban J connectivity index is 1.23. The van der Waals surface area contributed by atoms with E-state index in [1.54, 1.807) is 12.3 Å². The molecule has 0 radical (unpaired) electrons. The molecule has 1 unspecified atom stereocenters. The lowest BCUT2D eigenvalue weighted by atomic mass is 10.0. The van der Waals surface area contributed by atoms with Gasteiger partial charge in [-0.3, -0.25) is 20.0 Å². The molecule has 42 heavy (non-hydrogen) atoms. The van der Waals surface area contributed by atoms with Gasteiger partial charge < -0.3 is 14.8 Å². The minimum absolute atomic E-state index is 0.00528. The van der Waals surface area contributed by atoms with Crippen LogP contribution in [0.1, 0.15) is 59.7 Å². The number of carbonyl (C=O) groups excluding carboxylic acids is 1. The topological polar surface area (TPSA) is 88.1 Å². The molecule has 0 saturated carbocycles. The Bertz CT molecular complexity index is 1430. The molecule has 8 nitrogen and oxygen atoms in total. The van der Waals surface area contributed by atoms with Gasteiger partial charge in [0, 0.05) is 48.7 Å². The predicted octanol–water partition coefficient (Wildman–Crippen LogP) is 6.05. The minimum atomic E-state index is -0.185. The van der Waals surface area contributed by atoms with Gasteiger partial charge >= 0.3 is 0 Å². The number of nitrogens with zero attached hydrogens (tertiary/aromatic N) is 3. The van der Waals surface area contributed by atoms with Crippen molar-refractivity contribution in [2.45, 2.75) is 45.7 Å². The number of carbonyl (C=O) groups is 1. The summed E-state index contributed by atoms with van der Waals surface area (Å²) in [6, 6.07) is 17.4. The van der Waals surface area contributed by atoms with Crippen LogP contribution in [0.3, 0.4) is 0 Å². The third-order valence-electron chi connectivity index (χ3n) is 7.68. The number of hydrogen-bond acceptors (Lipinski definition) is 7. The summed E-state index contributed by atoms with van der Waals surface area (Å²) in [6.45, 7) is 11.9. The minimum Gasteiger partial charge on any atom is -0.438 e. The number of amides is 1. The highest BCUT2D eigenvalue weighted by Gasteiger charge is 2.19. The molecule has 0 aliphatic carbocycles. The standard InChI is InChI=1S/C34H41N5O3/c1-24(2)26-7-4-8-29(21-26)38-33(40)28-11-10-25(3)31(22-28)42-34-30(9-5-13-37-34)27-12-15-36-32(23-27)35-14-6-16-39-17-19-41-20-18-39/h4-5,7-13,15,21-22,24,32,35H,6,14,16-20,23H2,1-3H3,(H,38,40). The van der Waals surface area contributed by atoms with Crippen LogP contribution in [0, 0.1) is 6.92 Å². The van der Waals surface area contributed by atoms with Crippen molar-refractivity contribution in [3.8, 4) is 11.6 Å². The zero-order chi connectivity index (χ0) is 29.3. The lowest BCUT2D eigenvalue weighted by Gasteiger charge is -2.27. The molecule has 220 valence electrons. The number of aliphatic imine (C=N–C) groups is 1. The number of dihydropyridines is 1. The Kier molecular flexibility index (Phi) is 10.1. The van der Waals surface area contributed by atoms with Crippen molar-refractivity contribution in [3.63, 3.8) is 0 Å². The van der Waals surface area contributed by atoms with Crippen molar-refractivity contribution >= 4 is 23.4 Å². The quantitative estimate of drug-likeness (QED) is 0.274. The van der Waals surface area contributed by atoms with Crippen LogP contribution in [-0.4, -0.2) is 67.6 Å². The molecule has 2 aromatic carbocycles. The first-order valence-electron chi connectivity index (χ1n) is 14.9. The Morgan fingerprint density at radius 3 is 2.81 bits per heavy atom. The lowest BCUT2D eigenvalue weighted by molar-refractivity contribution is 0.0374. The number of nitrogens with one attached hydrogen (secondary N) is 2. The van der Waals surface area contributed by atoms with Crippen LogP contribution in [0.2, 0.25) is 0 Å². The van der Waals surface area contributed by atoms with Crippen molar-refractivity contribution in [1.29, 1.82) is 0 Å². The maximum Gasteiger partial charge on any atom is 0.255 e. The maximum absolute atomic E-state index is 13.1. The summed E-state index contributed by atoms with van der Waals surface area (Å²) in [6.07, 6.45) is 7.43. The van der Waals surface area contributed by atoms with Crippen LogP contribution in [0.5, 0.6) is 11.6 Å². The molecule has 1 amide bonds. The number of aromatic nitrogens is 1. The van der Waals surface area contributed by atoms with E-state index in [0.717, 1.165) is 74.6 Å². The summed E-state index contributed by atoms with van der Waals surface area (Å²) in [5, 5.41) is 6.61. The van der Waals surface area contributed by atoms with E-state index in [0.29, 0.717) is 23.1 Å². The lowest BCUT2D eigenvalue weighted by Crippen LogP contribution is -2.38.